The number of anilines is 1. The molecule has 0 saturated heterocycles. The fourth-order valence-corrected chi connectivity index (χ4v) is 2.53. The summed E-state index contributed by atoms with van der Waals surface area (Å²) in [6.45, 7) is 3.31. The minimum absolute atomic E-state index is 0.0716. The molecule has 2 aromatic rings. The number of carbonyl (C=O) groups excluding carboxylic acids is 3. The van der Waals surface area contributed by atoms with Crippen molar-refractivity contribution < 1.29 is 19.3 Å². The summed E-state index contributed by atoms with van der Waals surface area (Å²) in [5.41, 5.74) is 2.51. The molecule has 29 heavy (non-hydrogen) atoms. The van der Waals surface area contributed by atoms with Gasteiger partial charge in [0.1, 0.15) is 0 Å². The first-order valence-corrected chi connectivity index (χ1v) is 8.81. The maximum atomic E-state index is 12.2. The largest absolute Gasteiger partial charge is 0.343 e. The summed E-state index contributed by atoms with van der Waals surface area (Å²) in [6.07, 6.45) is 0. The minimum atomic E-state index is -0.615. The molecule has 0 saturated carbocycles. The van der Waals surface area contributed by atoms with Crippen LogP contribution in [0.1, 0.15) is 21.5 Å². The van der Waals surface area contributed by atoms with Crippen molar-refractivity contribution in [3.63, 3.8) is 0 Å². The van der Waals surface area contributed by atoms with Crippen LogP contribution in [0.4, 0.5) is 11.4 Å². The fraction of sp³-hybridized carbons (Fsp3) is 0.250. The van der Waals surface area contributed by atoms with Crippen molar-refractivity contribution in [3.05, 3.63) is 69.3 Å². The summed E-state index contributed by atoms with van der Waals surface area (Å²) >= 11 is 0. The molecule has 0 bridgehead atoms. The van der Waals surface area contributed by atoms with Crippen molar-refractivity contribution in [3.8, 4) is 0 Å². The molecule has 0 radical (unpaired) electrons. The first-order chi connectivity index (χ1) is 13.7. The molecule has 0 heterocycles. The standard InChI is InChI=1S/C20H22N4O5/c1-13-6-4-9-17(14(13)2)22-18(25)12-23(3)19(26)11-21-20(27)15-7-5-8-16(10-15)24(28)29/h4-10H,11-12H2,1-3H3,(H,21,27)(H,22,25). The lowest BCUT2D eigenvalue weighted by molar-refractivity contribution is -0.384. The fourth-order valence-electron chi connectivity index (χ4n) is 2.53. The second-order valence-corrected chi connectivity index (χ2v) is 6.54. The van der Waals surface area contributed by atoms with E-state index in [0.717, 1.165) is 17.2 Å². The number of amides is 3. The molecule has 2 N–H and O–H groups in total. The van der Waals surface area contributed by atoms with Crippen LogP contribution in [0.25, 0.3) is 0 Å². The second-order valence-electron chi connectivity index (χ2n) is 6.54. The van der Waals surface area contributed by atoms with Crippen LogP contribution in [0.15, 0.2) is 42.5 Å². The number of likely N-dealkylation sites (N-methyl/N-ethyl adjacent to an activating group) is 1. The van der Waals surface area contributed by atoms with Gasteiger partial charge in [-0.3, -0.25) is 24.5 Å². The molecule has 0 aliphatic rings. The Morgan fingerprint density at radius 3 is 2.48 bits per heavy atom. The van der Waals surface area contributed by atoms with Gasteiger partial charge < -0.3 is 15.5 Å². The molecule has 2 aromatic carbocycles. The van der Waals surface area contributed by atoms with Gasteiger partial charge in [0, 0.05) is 30.4 Å². The van der Waals surface area contributed by atoms with Crippen molar-refractivity contribution in [1.82, 2.24) is 10.2 Å². The summed E-state index contributed by atoms with van der Waals surface area (Å²) in [4.78, 5) is 47.8. The lowest BCUT2D eigenvalue weighted by atomic mass is 10.1. The number of benzene rings is 2. The number of hydrogen-bond donors (Lipinski definition) is 2. The van der Waals surface area contributed by atoms with E-state index in [2.05, 4.69) is 10.6 Å². The van der Waals surface area contributed by atoms with Crippen LogP contribution in [0.3, 0.4) is 0 Å². The van der Waals surface area contributed by atoms with Crippen molar-refractivity contribution in [1.29, 1.82) is 0 Å². The van der Waals surface area contributed by atoms with Crippen molar-refractivity contribution in [2.75, 3.05) is 25.5 Å². The Morgan fingerprint density at radius 1 is 1.10 bits per heavy atom. The summed E-state index contributed by atoms with van der Waals surface area (Å²) in [5, 5.41) is 15.9. The van der Waals surface area contributed by atoms with Crippen molar-refractivity contribution >= 4 is 29.1 Å². The monoisotopic (exact) mass is 398 g/mol. The van der Waals surface area contributed by atoms with Crippen LogP contribution in [0.5, 0.6) is 0 Å². The third-order valence-electron chi connectivity index (χ3n) is 4.40. The van der Waals surface area contributed by atoms with E-state index in [1.54, 1.807) is 6.07 Å². The zero-order valence-electron chi connectivity index (χ0n) is 16.4. The molecule has 0 spiro atoms. The molecule has 3 amide bonds. The number of nitrogens with one attached hydrogen (secondary N) is 2. The number of aryl methyl sites for hydroxylation is 1. The second kappa shape index (κ2) is 9.45. The SMILES string of the molecule is Cc1cccc(NC(=O)CN(C)C(=O)CNC(=O)c2cccc([N+](=O)[O-])c2)c1C. The molecule has 0 unspecified atom stereocenters. The number of rotatable bonds is 7. The van der Waals surface area contributed by atoms with Gasteiger partial charge in [-0.1, -0.05) is 18.2 Å². The minimum Gasteiger partial charge on any atom is -0.343 e. The number of nitro groups is 1. The van der Waals surface area contributed by atoms with E-state index in [4.69, 9.17) is 0 Å². The van der Waals surface area contributed by atoms with Crippen LogP contribution in [-0.2, 0) is 9.59 Å². The lowest BCUT2D eigenvalue weighted by Gasteiger charge is -2.18. The molecule has 0 aliphatic heterocycles. The van der Waals surface area contributed by atoms with Gasteiger partial charge in [0.15, 0.2) is 0 Å². The van der Waals surface area contributed by atoms with Gasteiger partial charge in [0.25, 0.3) is 11.6 Å². The number of nitrogens with zero attached hydrogens (tertiary/aromatic N) is 2. The van der Waals surface area contributed by atoms with E-state index in [1.807, 2.05) is 26.0 Å². The number of carbonyl (C=O) groups is 3. The molecule has 152 valence electrons. The van der Waals surface area contributed by atoms with Gasteiger partial charge in [-0.05, 0) is 37.1 Å². The van der Waals surface area contributed by atoms with E-state index >= 15 is 0 Å². The Hall–Kier alpha value is -3.75. The average molecular weight is 398 g/mol. The van der Waals surface area contributed by atoms with Crippen LogP contribution < -0.4 is 10.6 Å². The predicted octanol–water partition coefficient (Wildman–Crippen LogP) is 2.04. The summed E-state index contributed by atoms with van der Waals surface area (Å²) in [6, 6.07) is 10.7. The molecule has 0 atom stereocenters. The molecule has 0 fully saturated rings. The Bertz CT molecular complexity index is 958. The van der Waals surface area contributed by atoms with Crippen LogP contribution in [0.2, 0.25) is 0 Å². The van der Waals surface area contributed by atoms with Crippen molar-refractivity contribution in [2.24, 2.45) is 0 Å². The number of nitro benzene ring substituents is 1. The third-order valence-corrected chi connectivity index (χ3v) is 4.40. The van der Waals surface area contributed by atoms with E-state index in [0.29, 0.717) is 5.69 Å². The molecule has 9 heteroatoms. The summed E-state index contributed by atoms with van der Waals surface area (Å²) < 4.78 is 0. The van der Waals surface area contributed by atoms with Crippen molar-refractivity contribution in [2.45, 2.75) is 13.8 Å². The van der Waals surface area contributed by atoms with E-state index < -0.39 is 16.7 Å². The Labute approximate surface area is 167 Å². The third kappa shape index (κ3) is 5.86. The highest BCUT2D eigenvalue weighted by Crippen LogP contribution is 2.17. The van der Waals surface area contributed by atoms with E-state index in [1.165, 1.54) is 30.1 Å². The first kappa shape index (κ1) is 21.5. The van der Waals surface area contributed by atoms with E-state index in [-0.39, 0.29) is 30.2 Å². The Kier molecular flexibility index (Phi) is 7.02. The normalized spacial score (nSPS) is 10.2. The quantitative estimate of drug-likeness (QED) is 0.546. The smallest absolute Gasteiger partial charge is 0.270 e. The number of hydrogen-bond acceptors (Lipinski definition) is 5. The van der Waals surface area contributed by atoms with Gasteiger partial charge >= 0.3 is 0 Å². The van der Waals surface area contributed by atoms with Gasteiger partial charge in [0.2, 0.25) is 11.8 Å². The molecule has 9 nitrogen and oxygen atoms in total. The molecular weight excluding hydrogens is 376 g/mol. The van der Waals surface area contributed by atoms with Crippen LogP contribution in [-0.4, -0.2) is 47.7 Å². The van der Waals surface area contributed by atoms with Gasteiger partial charge in [0.05, 0.1) is 18.0 Å². The highest BCUT2D eigenvalue weighted by atomic mass is 16.6. The predicted molar refractivity (Wildman–Crippen MR) is 108 cm³/mol. The van der Waals surface area contributed by atoms with Crippen LogP contribution in [0, 0.1) is 24.0 Å². The highest BCUT2D eigenvalue weighted by Gasteiger charge is 2.16. The Balaban J connectivity index is 1.87. The highest BCUT2D eigenvalue weighted by molar-refractivity contribution is 5.98. The maximum Gasteiger partial charge on any atom is 0.270 e. The molecular formula is C20H22N4O5. The summed E-state index contributed by atoms with van der Waals surface area (Å²) in [5.74, 6) is -1.45. The van der Waals surface area contributed by atoms with Gasteiger partial charge in [-0.15, -0.1) is 0 Å². The maximum absolute atomic E-state index is 12.2. The molecule has 2 rings (SSSR count). The Morgan fingerprint density at radius 2 is 1.79 bits per heavy atom. The zero-order chi connectivity index (χ0) is 21.6. The first-order valence-electron chi connectivity index (χ1n) is 8.81. The number of non-ortho nitro benzene ring substituents is 1. The zero-order valence-corrected chi connectivity index (χ0v) is 16.4. The topological polar surface area (TPSA) is 122 Å². The average Bonchev–Trinajstić information content (AvgIpc) is 2.69. The molecule has 0 aromatic heterocycles. The lowest BCUT2D eigenvalue weighted by Crippen LogP contribution is -2.41. The van der Waals surface area contributed by atoms with Crippen LogP contribution >= 0.6 is 0 Å². The van der Waals surface area contributed by atoms with Gasteiger partial charge in [-0.2, -0.15) is 0 Å². The van der Waals surface area contributed by atoms with E-state index in [9.17, 15) is 24.5 Å². The molecule has 0 aliphatic carbocycles. The summed E-state index contributed by atoms with van der Waals surface area (Å²) in [7, 11) is 1.45. The van der Waals surface area contributed by atoms with Gasteiger partial charge in [-0.25, -0.2) is 0 Å².